The van der Waals surface area contributed by atoms with E-state index in [2.05, 4.69) is 23.2 Å². The van der Waals surface area contributed by atoms with Gasteiger partial charge in [0, 0.05) is 19.6 Å². The van der Waals surface area contributed by atoms with Gasteiger partial charge in [-0.05, 0) is 19.3 Å². The van der Waals surface area contributed by atoms with Gasteiger partial charge in [-0.15, -0.1) is 11.3 Å². The maximum atomic E-state index is 11.9. The lowest BCUT2D eigenvalue weighted by atomic mass is 10.2. The van der Waals surface area contributed by atoms with Crippen LogP contribution in [0, 0.1) is 17.2 Å². The van der Waals surface area contributed by atoms with Gasteiger partial charge < -0.3 is 16.0 Å². The lowest BCUT2D eigenvalue weighted by molar-refractivity contribution is 0.0960. The molecule has 2 rings (SSSR count). The normalized spacial score (nSPS) is 18.4. The molecule has 5 nitrogen and oxygen atoms in total. The number of anilines is 2. The quantitative estimate of drug-likeness (QED) is 0.883. The van der Waals surface area contributed by atoms with E-state index in [1.807, 2.05) is 6.92 Å². The molecule has 2 heterocycles. The minimum absolute atomic E-state index is 0.194. The monoisotopic (exact) mass is 278 g/mol. The first kappa shape index (κ1) is 13.7. The van der Waals surface area contributed by atoms with E-state index < -0.39 is 0 Å². The lowest BCUT2D eigenvalue weighted by Gasteiger charge is -2.15. The Balaban J connectivity index is 2.37. The number of hydrogen-bond donors (Lipinski definition) is 2. The second-order valence-corrected chi connectivity index (χ2v) is 5.84. The third-order valence-electron chi connectivity index (χ3n) is 3.29. The number of thiophene rings is 1. The molecule has 0 aliphatic carbocycles. The Morgan fingerprint density at radius 1 is 1.68 bits per heavy atom. The van der Waals surface area contributed by atoms with Crippen molar-refractivity contribution in [1.29, 1.82) is 5.26 Å². The Kier molecular flexibility index (Phi) is 3.96. The Labute approximate surface area is 117 Å². The molecule has 6 heteroatoms. The molecule has 0 aromatic carbocycles. The van der Waals surface area contributed by atoms with E-state index in [0.717, 1.165) is 24.5 Å². The number of amides is 1. The van der Waals surface area contributed by atoms with Crippen molar-refractivity contribution in [2.45, 2.75) is 20.3 Å². The van der Waals surface area contributed by atoms with Crippen LogP contribution >= 0.6 is 11.3 Å². The fourth-order valence-corrected chi connectivity index (χ4v) is 3.41. The maximum absolute atomic E-state index is 11.9. The Morgan fingerprint density at radius 2 is 2.42 bits per heavy atom. The highest BCUT2D eigenvalue weighted by molar-refractivity contribution is 7.19. The second kappa shape index (κ2) is 5.49. The molecule has 0 bridgehead atoms. The maximum Gasteiger partial charge on any atom is 0.263 e. The summed E-state index contributed by atoms with van der Waals surface area (Å²) >= 11 is 1.32. The van der Waals surface area contributed by atoms with Crippen molar-refractivity contribution < 1.29 is 4.79 Å². The molecule has 102 valence electrons. The minimum Gasteiger partial charge on any atom is -0.396 e. The lowest BCUT2D eigenvalue weighted by Crippen LogP contribution is -2.22. The number of rotatable bonds is 3. The van der Waals surface area contributed by atoms with Gasteiger partial charge in [0.15, 0.2) is 0 Å². The van der Waals surface area contributed by atoms with Crippen molar-refractivity contribution in [1.82, 2.24) is 5.32 Å². The number of carbonyl (C=O) groups excluding carboxylic acids is 1. The number of nitrogens with one attached hydrogen (secondary N) is 1. The third kappa shape index (κ3) is 2.51. The fourth-order valence-electron chi connectivity index (χ4n) is 2.29. The molecule has 1 atom stereocenters. The number of nitriles is 1. The molecular weight excluding hydrogens is 260 g/mol. The van der Waals surface area contributed by atoms with Crippen LogP contribution in [0.25, 0.3) is 0 Å². The van der Waals surface area contributed by atoms with E-state index in [1.165, 1.54) is 11.3 Å². The van der Waals surface area contributed by atoms with Gasteiger partial charge in [-0.2, -0.15) is 5.26 Å². The molecule has 1 aliphatic rings. The predicted molar refractivity (Wildman–Crippen MR) is 77.4 cm³/mol. The predicted octanol–water partition coefficient (Wildman–Crippen LogP) is 1.80. The molecule has 0 saturated carbocycles. The van der Waals surface area contributed by atoms with E-state index >= 15 is 0 Å². The average molecular weight is 278 g/mol. The molecule has 1 fully saturated rings. The van der Waals surface area contributed by atoms with Crippen molar-refractivity contribution in [3.05, 3.63) is 10.4 Å². The Morgan fingerprint density at radius 3 is 2.95 bits per heavy atom. The van der Waals surface area contributed by atoms with E-state index in [1.54, 1.807) is 0 Å². The second-order valence-electron chi connectivity index (χ2n) is 4.84. The fraction of sp³-hybridized carbons (Fsp3) is 0.538. The van der Waals surface area contributed by atoms with E-state index in [0.29, 0.717) is 28.6 Å². The number of nitrogens with two attached hydrogens (primary N) is 1. The summed E-state index contributed by atoms with van der Waals surface area (Å²) in [6.45, 7) is 6.44. The molecule has 1 aromatic heterocycles. The van der Waals surface area contributed by atoms with Crippen LogP contribution in [0.1, 0.15) is 35.5 Å². The van der Waals surface area contributed by atoms with Crippen LogP contribution in [-0.4, -0.2) is 25.5 Å². The number of carbonyl (C=O) groups is 1. The van der Waals surface area contributed by atoms with Crippen molar-refractivity contribution in [3.63, 3.8) is 0 Å². The Bertz CT molecular complexity index is 531. The van der Waals surface area contributed by atoms with Crippen LogP contribution in [0.3, 0.4) is 0 Å². The van der Waals surface area contributed by atoms with Gasteiger partial charge in [0.1, 0.15) is 21.5 Å². The zero-order valence-corrected chi connectivity index (χ0v) is 12.0. The first-order chi connectivity index (χ1) is 9.08. The molecule has 1 amide bonds. The van der Waals surface area contributed by atoms with Crippen LogP contribution in [0.4, 0.5) is 10.7 Å². The van der Waals surface area contributed by atoms with Gasteiger partial charge in [0.05, 0.1) is 5.69 Å². The smallest absolute Gasteiger partial charge is 0.263 e. The molecule has 0 radical (unpaired) electrons. The molecule has 1 saturated heterocycles. The standard InChI is InChI=1S/C13H18N4OS/c1-3-16-12(18)11-10(15)9(6-14)13(19-11)17-5-4-8(2)7-17/h8H,3-5,7,15H2,1-2H3,(H,16,18). The molecule has 1 aliphatic heterocycles. The van der Waals surface area contributed by atoms with Gasteiger partial charge in [-0.1, -0.05) is 6.92 Å². The highest BCUT2D eigenvalue weighted by atomic mass is 32.1. The first-order valence-corrected chi connectivity index (χ1v) is 7.25. The number of nitrogen functional groups attached to an aromatic ring is 1. The molecule has 0 spiro atoms. The summed E-state index contributed by atoms with van der Waals surface area (Å²) in [5.41, 5.74) is 6.71. The minimum atomic E-state index is -0.194. The van der Waals surface area contributed by atoms with Crippen LogP contribution in [0.2, 0.25) is 0 Å². The van der Waals surface area contributed by atoms with Gasteiger partial charge >= 0.3 is 0 Å². The summed E-state index contributed by atoms with van der Waals surface area (Å²) in [6.07, 6.45) is 1.11. The number of nitrogens with zero attached hydrogens (tertiary/aromatic N) is 2. The largest absolute Gasteiger partial charge is 0.396 e. The van der Waals surface area contributed by atoms with Crippen LogP contribution < -0.4 is 16.0 Å². The van der Waals surface area contributed by atoms with E-state index in [9.17, 15) is 10.1 Å². The van der Waals surface area contributed by atoms with Gasteiger partial charge in [0.2, 0.25) is 0 Å². The van der Waals surface area contributed by atoms with Crippen molar-refractivity contribution in [2.24, 2.45) is 5.92 Å². The summed E-state index contributed by atoms with van der Waals surface area (Å²) in [6, 6.07) is 2.14. The van der Waals surface area contributed by atoms with Gasteiger partial charge in [-0.25, -0.2) is 0 Å². The molecule has 1 unspecified atom stereocenters. The highest BCUT2D eigenvalue weighted by Gasteiger charge is 2.27. The summed E-state index contributed by atoms with van der Waals surface area (Å²) in [4.78, 5) is 14.5. The SMILES string of the molecule is CCNC(=O)c1sc(N2CCC(C)C2)c(C#N)c1N. The molecule has 19 heavy (non-hydrogen) atoms. The summed E-state index contributed by atoms with van der Waals surface area (Å²) in [7, 11) is 0. The van der Waals surface area contributed by atoms with Crippen LogP contribution in [-0.2, 0) is 0 Å². The molecule has 1 aromatic rings. The Hall–Kier alpha value is -1.74. The van der Waals surface area contributed by atoms with Crippen molar-refractivity contribution in [2.75, 3.05) is 30.3 Å². The molecular formula is C13H18N4OS. The number of hydrogen-bond acceptors (Lipinski definition) is 5. The van der Waals surface area contributed by atoms with Gasteiger partial charge in [-0.3, -0.25) is 4.79 Å². The average Bonchev–Trinajstić information content (AvgIpc) is 2.93. The van der Waals surface area contributed by atoms with E-state index in [4.69, 9.17) is 5.73 Å². The summed E-state index contributed by atoms with van der Waals surface area (Å²) in [5.74, 6) is 0.419. The zero-order valence-electron chi connectivity index (χ0n) is 11.2. The summed E-state index contributed by atoms with van der Waals surface area (Å²) in [5, 5.41) is 12.8. The van der Waals surface area contributed by atoms with Crippen molar-refractivity contribution in [3.8, 4) is 6.07 Å². The first-order valence-electron chi connectivity index (χ1n) is 6.44. The third-order valence-corrected chi connectivity index (χ3v) is 4.56. The van der Waals surface area contributed by atoms with E-state index in [-0.39, 0.29) is 5.91 Å². The van der Waals surface area contributed by atoms with Crippen LogP contribution in [0.5, 0.6) is 0 Å². The summed E-state index contributed by atoms with van der Waals surface area (Å²) < 4.78 is 0. The highest BCUT2D eigenvalue weighted by Crippen LogP contribution is 2.39. The van der Waals surface area contributed by atoms with Crippen LogP contribution in [0.15, 0.2) is 0 Å². The molecule has 3 N–H and O–H groups in total. The van der Waals surface area contributed by atoms with Crippen molar-refractivity contribution >= 4 is 27.9 Å². The zero-order chi connectivity index (χ0) is 14.0. The van der Waals surface area contributed by atoms with Gasteiger partial charge in [0.25, 0.3) is 5.91 Å². The topological polar surface area (TPSA) is 82.2 Å².